The maximum Gasteiger partial charge on any atom is 0.282 e. The number of aromatic nitrogens is 1. The molecule has 28 heavy (non-hydrogen) atoms. The van der Waals surface area contributed by atoms with E-state index in [9.17, 15) is 9.59 Å². The molecule has 4 rings (SSSR count). The van der Waals surface area contributed by atoms with Crippen LogP contribution in [-0.2, 0) is 27.4 Å². The molecule has 1 aromatic carbocycles. The maximum absolute atomic E-state index is 11.9. The van der Waals surface area contributed by atoms with Gasteiger partial charge in [0, 0.05) is 41.0 Å². The van der Waals surface area contributed by atoms with Gasteiger partial charge in [0.05, 0.1) is 11.7 Å². The summed E-state index contributed by atoms with van der Waals surface area (Å²) in [5.41, 5.74) is 5.07. The Morgan fingerprint density at radius 2 is 2.36 bits per heavy atom. The molecule has 0 saturated heterocycles. The molecule has 0 bridgehead atoms. The summed E-state index contributed by atoms with van der Waals surface area (Å²) < 4.78 is 28.7. The first-order valence-corrected chi connectivity index (χ1v) is 9.41. The largest absolute Gasteiger partial charge is 0.466 e. The molecule has 0 fully saturated rings. The number of carbonyl (C=O) groups excluding carboxylic acids is 2. The van der Waals surface area contributed by atoms with Crippen molar-refractivity contribution in [1.29, 1.82) is 0 Å². The van der Waals surface area contributed by atoms with E-state index < -0.39 is 6.98 Å². The standard InChI is InChI=1S/C22H23N3O3/c1-3-21(27)24-19-6-4-5-16-17(10-23-11-18(16)19)14-7-8-20-15(9-14)13-28-22(12-26)25(20)2/h7-11,19H,3-6,13H2,1-2H3,(H,24,27)/i2D3. The van der Waals surface area contributed by atoms with Crippen molar-refractivity contribution in [3.05, 3.63) is 53.2 Å². The molecule has 1 amide bonds. The van der Waals surface area contributed by atoms with Crippen LogP contribution in [0.15, 0.2) is 36.5 Å². The van der Waals surface area contributed by atoms with E-state index in [1.54, 1.807) is 18.2 Å². The average molecular weight is 380 g/mol. The number of carbonyl (C=O) groups is 1. The van der Waals surface area contributed by atoms with Crippen LogP contribution in [0.25, 0.3) is 11.1 Å². The molecule has 1 unspecified atom stereocenters. The van der Waals surface area contributed by atoms with Crippen LogP contribution in [0, 0.1) is 0 Å². The number of ether oxygens (including phenoxy) is 1. The van der Waals surface area contributed by atoms with E-state index in [1.807, 2.05) is 25.3 Å². The highest BCUT2D eigenvalue weighted by Crippen LogP contribution is 2.38. The third kappa shape index (κ3) is 3.16. The van der Waals surface area contributed by atoms with Crippen LogP contribution < -0.4 is 10.2 Å². The Kier molecular flexibility index (Phi) is 3.98. The molecule has 1 aliphatic carbocycles. The lowest BCUT2D eigenvalue weighted by molar-refractivity contribution is -0.121. The molecule has 1 atom stereocenters. The Labute approximate surface area is 168 Å². The van der Waals surface area contributed by atoms with Gasteiger partial charge in [0.15, 0.2) is 5.94 Å². The van der Waals surface area contributed by atoms with Gasteiger partial charge in [-0.1, -0.05) is 13.0 Å². The quantitative estimate of drug-likeness (QED) is 0.828. The van der Waals surface area contributed by atoms with Gasteiger partial charge in [0.1, 0.15) is 6.61 Å². The molecule has 2 heterocycles. The second kappa shape index (κ2) is 7.49. The summed E-state index contributed by atoms with van der Waals surface area (Å²) in [6.07, 6.45) is 6.74. The number of hydrogen-bond donors (Lipinski definition) is 1. The summed E-state index contributed by atoms with van der Waals surface area (Å²) in [7, 11) is 0. The third-order valence-electron chi connectivity index (χ3n) is 5.33. The fourth-order valence-corrected chi connectivity index (χ4v) is 3.90. The molecular formula is C22H23N3O3. The van der Waals surface area contributed by atoms with Gasteiger partial charge >= 0.3 is 0 Å². The van der Waals surface area contributed by atoms with Crippen LogP contribution in [0.5, 0.6) is 0 Å². The molecule has 1 aromatic heterocycles. The lowest BCUT2D eigenvalue weighted by Crippen LogP contribution is -2.30. The first kappa shape index (κ1) is 14.9. The van der Waals surface area contributed by atoms with Crippen LogP contribution in [-0.4, -0.2) is 23.8 Å². The average Bonchev–Trinajstić information content (AvgIpc) is 2.76. The minimum Gasteiger partial charge on any atom is -0.466 e. The smallest absolute Gasteiger partial charge is 0.282 e. The van der Waals surface area contributed by atoms with E-state index >= 15 is 0 Å². The van der Waals surface area contributed by atoms with Gasteiger partial charge in [0.2, 0.25) is 5.91 Å². The van der Waals surface area contributed by atoms with Gasteiger partial charge in [-0.05, 0) is 48.1 Å². The number of nitrogens with one attached hydrogen (secondary N) is 1. The van der Waals surface area contributed by atoms with E-state index in [1.165, 1.54) is 0 Å². The molecule has 1 aliphatic heterocycles. The van der Waals surface area contributed by atoms with Crippen molar-refractivity contribution in [1.82, 2.24) is 10.3 Å². The Hall–Kier alpha value is -3.11. The zero-order chi connectivity index (χ0) is 22.2. The highest BCUT2D eigenvalue weighted by Gasteiger charge is 2.25. The molecule has 6 heteroatoms. The second-order valence-corrected chi connectivity index (χ2v) is 7.00. The highest BCUT2D eigenvalue weighted by atomic mass is 16.5. The van der Waals surface area contributed by atoms with E-state index in [-0.39, 0.29) is 24.4 Å². The van der Waals surface area contributed by atoms with Gasteiger partial charge in [-0.3, -0.25) is 9.78 Å². The summed E-state index contributed by atoms with van der Waals surface area (Å²) in [6, 6.07) is 5.34. The van der Waals surface area contributed by atoms with Crippen LogP contribution in [0.1, 0.15) is 53.0 Å². The van der Waals surface area contributed by atoms with Gasteiger partial charge in [0.25, 0.3) is 5.88 Å². The van der Waals surface area contributed by atoms with E-state index in [0.29, 0.717) is 17.7 Å². The van der Waals surface area contributed by atoms with Crippen molar-refractivity contribution in [3.8, 4) is 11.1 Å². The van der Waals surface area contributed by atoms with Crippen molar-refractivity contribution in [3.63, 3.8) is 0 Å². The number of amides is 1. The van der Waals surface area contributed by atoms with Gasteiger partial charge in [-0.2, -0.15) is 0 Å². The summed E-state index contributed by atoms with van der Waals surface area (Å²) in [5, 5.41) is 3.08. The normalized spacial score (nSPS) is 19.9. The van der Waals surface area contributed by atoms with Crippen LogP contribution in [0.2, 0.25) is 0 Å². The molecule has 144 valence electrons. The fourth-order valence-electron chi connectivity index (χ4n) is 3.90. The maximum atomic E-state index is 11.9. The van der Waals surface area contributed by atoms with Crippen molar-refractivity contribution >= 4 is 17.5 Å². The molecular weight excluding hydrogens is 354 g/mol. The first-order chi connectivity index (χ1) is 14.8. The molecule has 0 radical (unpaired) electrons. The Bertz CT molecular complexity index is 1080. The van der Waals surface area contributed by atoms with Gasteiger partial charge < -0.3 is 15.0 Å². The molecule has 0 saturated carbocycles. The molecule has 0 spiro atoms. The number of benzene rings is 1. The Morgan fingerprint density at radius 3 is 3.14 bits per heavy atom. The predicted molar refractivity (Wildman–Crippen MR) is 106 cm³/mol. The third-order valence-corrected chi connectivity index (χ3v) is 5.33. The second-order valence-electron chi connectivity index (χ2n) is 7.00. The topological polar surface area (TPSA) is 71.5 Å². The minimum atomic E-state index is -2.57. The van der Waals surface area contributed by atoms with Gasteiger partial charge in [-0.15, -0.1) is 0 Å². The highest BCUT2D eigenvalue weighted by molar-refractivity contribution is 5.77. The monoisotopic (exact) mass is 380 g/mol. The Balaban J connectivity index is 1.75. The van der Waals surface area contributed by atoms with E-state index in [0.717, 1.165) is 46.4 Å². The number of nitrogens with zero attached hydrogens (tertiary/aromatic N) is 2. The summed E-state index contributed by atoms with van der Waals surface area (Å²) in [5.74, 6) is 1.25. The molecule has 2 aliphatic rings. The van der Waals surface area contributed by atoms with Crippen LogP contribution in [0.4, 0.5) is 5.69 Å². The SMILES string of the molecule is [2H]C([2H])([2H])N1C(=C=O)OCc2cc(-c3cncc4c3CCCC4NC(=O)CC)ccc21. The number of hydrogen-bond acceptors (Lipinski definition) is 5. The summed E-state index contributed by atoms with van der Waals surface area (Å²) in [6.45, 7) is -0.656. The van der Waals surface area contributed by atoms with E-state index in [4.69, 9.17) is 8.85 Å². The molecule has 1 N–H and O–H groups in total. The van der Waals surface area contributed by atoms with Crippen LogP contribution >= 0.6 is 0 Å². The van der Waals surface area contributed by atoms with Crippen molar-refractivity contribution in [2.24, 2.45) is 0 Å². The van der Waals surface area contributed by atoms with E-state index in [2.05, 4.69) is 10.3 Å². The number of pyridine rings is 1. The van der Waals surface area contributed by atoms with Crippen molar-refractivity contribution in [2.45, 2.75) is 45.3 Å². The zero-order valence-corrected chi connectivity index (χ0v) is 15.6. The van der Waals surface area contributed by atoms with Crippen molar-refractivity contribution in [2.75, 3.05) is 11.9 Å². The number of anilines is 1. The zero-order valence-electron chi connectivity index (χ0n) is 18.6. The molecule has 2 aromatic rings. The lowest BCUT2D eigenvalue weighted by Gasteiger charge is -2.29. The predicted octanol–water partition coefficient (Wildman–Crippen LogP) is 3.29. The lowest BCUT2D eigenvalue weighted by atomic mass is 9.84. The minimum absolute atomic E-state index is 0.0120. The van der Waals surface area contributed by atoms with Crippen LogP contribution in [0.3, 0.4) is 0 Å². The van der Waals surface area contributed by atoms with Crippen molar-refractivity contribution < 1.29 is 18.4 Å². The first-order valence-electron chi connectivity index (χ1n) is 10.9. The molecule has 6 nitrogen and oxygen atoms in total. The fraction of sp³-hybridized carbons (Fsp3) is 0.364. The summed E-state index contributed by atoms with van der Waals surface area (Å²) >= 11 is 0. The number of fused-ring (bicyclic) bond motifs is 2. The summed E-state index contributed by atoms with van der Waals surface area (Å²) in [4.78, 5) is 28.4. The Morgan fingerprint density at radius 1 is 1.46 bits per heavy atom. The number of rotatable bonds is 3. The van der Waals surface area contributed by atoms with Gasteiger partial charge in [-0.25, -0.2) is 4.79 Å².